The first-order valence-electron chi connectivity index (χ1n) is 5.89. The molecule has 0 saturated heterocycles. The maximum absolute atomic E-state index is 12.1. The summed E-state index contributed by atoms with van der Waals surface area (Å²) in [6.07, 6.45) is -6.69. The molecule has 0 spiro atoms. The molecule has 1 atom stereocenters. The van der Waals surface area contributed by atoms with Crippen molar-refractivity contribution in [3.05, 3.63) is 17.5 Å². The summed E-state index contributed by atoms with van der Waals surface area (Å²) in [5.41, 5.74) is 0.872. The Balaban J connectivity index is 2.71. The number of carbonyl (C=O) groups is 1. The molecular weight excluding hydrogens is 263 g/mol. The topological polar surface area (TPSA) is 67.2 Å². The van der Waals surface area contributed by atoms with E-state index in [1.54, 1.807) is 6.92 Å². The minimum Gasteiger partial charge on any atom is -0.382 e. The highest BCUT2D eigenvalue weighted by Crippen LogP contribution is 2.19. The highest BCUT2D eigenvalue weighted by atomic mass is 19.4. The molecule has 1 unspecified atom stereocenters. The predicted molar refractivity (Wildman–Crippen MR) is 61.7 cm³/mol. The van der Waals surface area contributed by atoms with Gasteiger partial charge in [-0.3, -0.25) is 9.48 Å². The number of aliphatic hydroxyl groups excluding tert-OH is 1. The molecule has 5 nitrogen and oxygen atoms in total. The maximum Gasteiger partial charge on any atom is 0.416 e. The number of hydrogen-bond acceptors (Lipinski definition) is 3. The first kappa shape index (κ1) is 15.5. The largest absolute Gasteiger partial charge is 0.416 e. The van der Waals surface area contributed by atoms with E-state index in [0.717, 1.165) is 0 Å². The molecule has 2 N–H and O–H groups in total. The lowest BCUT2D eigenvalue weighted by Gasteiger charge is -2.15. The number of aliphatic hydroxyl groups is 1. The smallest absolute Gasteiger partial charge is 0.382 e. The van der Waals surface area contributed by atoms with Crippen LogP contribution in [0.15, 0.2) is 6.07 Å². The van der Waals surface area contributed by atoms with Crippen LogP contribution in [0, 0.1) is 0 Å². The lowest BCUT2D eigenvalue weighted by atomic mass is 10.3. The summed E-state index contributed by atoms with van der Waals surface area (Å²) >= 11 is 0. The van der Waals surface area contributed by atoms with Gasteiger partial charge in [-0.25, -0.2) is 0 Å². The van der Waals surface area contributed by atoms with E-state index < -0.39 is 24.7 Å². The van der Waals surface area contributed by atoms with Crippen molar-refractivity contribution in [2.24, 2.45) is 0 Å². The second-order valence-corrected chi connectivity index (χ2v) is 3.96. The third-order valence-corrected chi connectivity index (χ3v) is 2.56. The van der Waals surface area contributed by atoms with Gasteiger partial charge in [0, 0.05) is 6.54 Å². The van der Waals surface area contributed by atoms with Crippen molar-refractivity contribution in [3.63, 3.8) is 0 Å². The van der Waals surface area contributed by atoms with Crippen LogP contribution in [0.5, 0.6) is 0 Å². The molecule has 0 fully saturated rings. The molecule has 0 bridgehead atoms. The van der Waals surface area contributed by atoms with Crippen molar-refractivity contribution in [3.8, 4) is 0 Å². The summed E-state index contributed by atoms with van der Waals surface area (Å²) in [5, 5.41) is 15.0. The number of alkyl halides is 3. The van der Waals surface area contributed by atoms with E-state index in [9.17, 15) is 18.0 Å². The van der Waals surface area contributed by atoms with Crippen molar-refractivity contribution in [1.29, 1.82) is 0 Å². The van der Waals surface area contributed by atoms with E-state index in [2.05, 4.69) is 5.10 Å². The second kappa shape index (κ2) is 6.05. The Kier molecular flexibility index (Phi) is 4.93. The van der Waals surface area contributed by atoms with Crippen LogP contribution >= 0.6 is 0 Å². The van der Waals surface area contributed by atoms with Gasteiger partial charge in [-0.15, -0.1) is 0 Å². The Morgan fingerprint density at radius 3 is 2.63 bits per heavy atom. The number of rotatable bonds is 5. The number of halogens is 3. The van der Waals surface area contributed by atoms with Crippen LogP contribution in [-0.2, 0) is 13.0 Å². The van der Waals surface area contributed by atoms with E-state index in [1.807, 2.05) is 12.2 Å². The van der Waals surface area contributed by atoms with Gasteiger partial charge < -0.3 is 10.4 Å². The molecule has 0 aliphatic heterocycles. The van der Waals surface area contributed by atoms with Gasteiger partial charge in [0.1, 0.15) is 5.69 Å². The average Bonchev–Trinajstić information content (AvgIpc) is 2.77. The number of aromatic nitrogens is 2. The molecule has 0 aromatic carbocycles. The zero-order valence-electron chi connectivity index (χ0n) is 10.7. The number of amides is 1. The summed E-state index contributed by atoms with van der Waals surface area (Å²) in [6.45, 7) is 3.19. The van der Waals surface area contributed by atoms with Crippen molar-refractivity contribution >= 4 is 5.91 Å². The molecule has 1 heterocycles. The van der Waals surface area contributed by atoms with Gasteiger partial charge in [-0.1, -0.05) is 6.92 Å². The van der Waals surface area contributed by atoms with Crippen LogP contribution < -0.4 is 5.32 Å². The monoisotopic (exact) mass is 279 g/mol. The van der Waals surface area contributed by atoms with Crippen molar-refractivity contribution in [2.75, 3.05) is 6.54 Å². The Morgan fingerprint density at radius 2 is 2.16 bits per heavy atom. The molecule has 108 valence electrons. The Bertz CT molecular complexity index is 443. The molecule has 1 aromatic heterocycles. The molecule has 1 rings (SSSR count). The van der Waals surface area contributed by atoms with Crippen LogP contribution in [0.25, 0.3) is 0 Å². The number of nitrogens with zero attached hydrogens (tertiary/aromatic N) is 2. The Labute approximate surface area is 108 Å². The summed E-state index contributed by atoms with van der Waals surface area (Å²) in [6, 6.07) is 1.53. The van der Waals surface area contributed by atoms with Gasteiger partial charge in [-0.2, -0.15) is 18.3 Å². The minimum absolute atomic E-state index is 0.189. The lowest BCUT2D eigenvalue weighted by Crippen LogP contribution is -2.41. The summed E-state index contributed by atoms with van der Waals surface area (Å²) in [4.78, 5) is 11.7. The zero-order valence-corrected chi connectivity index (χ0v) is 10.7. The lowest BCUT2D eigenvalue weighted by molar-refractivity contribution is -0.201. The number of carbonyl (C=O) groups excluding carboxylic acids is 1. The number of nitrogens with one attached hydrogen (secondary N) is 1. The van der Waals surface area contributed by atoms with Crippen molar-refractivity contribution < 1.29 is 23.1 Å². The van der Waals surface area contributed by atoms with E-state index >= 15 is 0 Å². The third kappa shape index (κ3) is 3.95. The highest BCUT2D eigenvalue weighted by Gasteiger charge is 2.38. The molecule has 0 saturated carbocycles. The van der Waals surface area contributed by atoms with Crippen LogP contribution in [0.2, 0.25) is 0 Å². The fourth-order valence-electron chi connectivity index (χ4n) is 1.46. The van der Waals surface area contributed by atoms with Gasteiger partial charge in [0.2, 0.25) is 0 Å². The standard InChI is InChI=1S/C11H16F3N3O2/c1-3-7-5-8(17(4-2)16-7)10(19)15-6-9(18)11(12,13)14/h5,9,18H,3-4,6H2,1-2H3,(H,15,19). The second-order valence-electron chi connectivity index (χ2n) is 3.96. The van der Waals surface area contributed by atoms with E-state index in [4.69, 9.17) is 5.11 Å². The van der Waals surface area contributed by atoms with Crippen molar-refractivity contribution in [2.45, 2.75) is 39.1 Å². The molecule has 1 amide bonds. The normalized spacial score (nSPS) is 13.4. The SMILES string of the molecule is CCc1cc(C(=O)NCC(O)C(F)(F)F)n(CC)n1. The van der Waals surface area contributed by atoms with Gasteiger partial charge in [-0.05, 0) is 19.4 Å². The molecule has 0 aliphatic carbocycles. The van der Waals surface area contributed by atoms with E-state index in [0.29, 0.717) is 18.7 Å². The minimum atomic E-state index is -4.74. The van der Waals surface area contributed by atoms with Crippen LogP contribution in [0.4, 0.5) is 13.2 Å². The van der Waals surface area contributed by atoms with Gasteiger partial charge in [0.25, 0.3) is 5.91 Å². The molecule has 1 aromatic rings. The molecule has 19 heavy (non-hydrogen) atoms. The van der Waals surface area contributed by atoms with Gasteiger partial charge in [0.05, 0.1) is 12.2 Å². The maximum atomic E-state index is 12.1. The van der Waals surface area contributed by atoms with E-state index in [1.165, 1.54) is 10.7 Å². The first-order chi connectivity index (χ1) is 8.79. The Morgan fingerprint density at radius 1 is 1.53 bits per heavy atom. The summed E-state index contributed by atoms with van der Waals surface area (Å²) < 4.78 is 37.7. The fourth-order valence-corrected chi connectivity index (χ4v) is 1.46. The van der Waals surface area contributed by atoms with Crippen LogP contribution in [0.1, 0.15) is 30.0 Å². The average molecular weight is 279 g/mol. The summed E-state index contributed by atoms with van der Waals surface area (Å²) in [7, 11) is 0. The van der Waals surface area contributed by atoms with Gasteiger partial charge in [0.15, 0.2) is 6.10 Å². The Hall–Kier alpha value is -1.57. The fraction of sp³-hybridized carbons (Fsp3) is 0.636. The first-order valence-corrected chi connectivity index (χ1v) is 5.89. The molecular formula is C11H16F3N3O2. The van der Waals surface area contributed by atoms with Gasteiger partial charge >= 0.3 is 6.18 Å². The molecule has 0 radical (unpaired) electrons. The highest BCUT2D eigenvalue weighted by molar-refractivity contribution is 5.92. The number of aryl methyl sites for hydroxylation is 2. The number of hydrogen-bond donors (Lipinski definition) is 2. The quantitative estimate of drug-likeness (QED) is 0.848. The zero-order chi connectivity index (χ0) is 14.6. The van der Waals surface area contributed by atoms with Crippen LogP contribution in [0.3, 0.4) is 0 Å². The van der Waals surface area contributed by atoms with Crippen molar-refractivity contribution in [1.82, 2.24) is 15.1 Å². The van der Waals surface area contributed by atoms with E-state index in [-0.39, 0.29) is 5.69 Å². The molecule has 0 aliphatic rings. The predicted octanol–water partition coefficient (Wildman–Crippen LogP) is 1.12. The summed E-state index contributed by atoms with van der Waals surface area (Å²) in [5.74, 6) is -0.683. The molecule has 8 heteroatoms. The van der Waals surface area contributed by atoms with Crippen LogP contribution in [-0.4, -0.2) is 39.6 Å². The third-order valence-electron chi connectivity index (χ3n) is 2.56.